The van der Waals surface area contributed by atoms with E-state index in [4.69, 9.17) is 14.5 Å². The van der Waals surface area contributed by atoms with Gasteiger partial charge in [0.15, 0.2) is 0 Å². The Balaban J connectivity index is 1.16. The second kappa shape index (κ2) is 11.4. The summed E-state index contributed by atoms with van der Waals surface area (Å²) < 4.78 is 13.2. The van der Waals surface area contributed by atoms with Crippen LogP contribution in [0.25, 0.3) is 10.9 Å². The lowest BCUT2D eigenvalue weighted by Crippen LogP contribution is -2.37. The fraction of sp³-hybridized carbons (Fsp3) is 0.414. The van der Waals surface area contributed by atoms with Crippen molar-refractivity contribution in [3.8, 4) is 5.75 Å². The van der Waals surface area contributed by atoms with Crippen LogP contribution in [-0.2, 0) is 28.8 Å². The third-order valence-corrected chi connectivity index (χ3v) is 7.43. The Kier molecular flexibility index (Phi) is 7.36. The molecule has 1 atom stereocenters. The second-order valence-electron chi connectivity index (χ2n) is 10.1. The monoisotopic (exact) mass is 528 g/mol. The molecule has 0 amide bonds. The molecule has 1 N–H and O–H groups in total. The van der Waals surface area contributed by atoms with Gasteiger partial charge < -0.3 is 19.5 Å². The smallest absolute Gasteiger partial charge is 0.305 e. The van der Waals surface area contributed by atoms with E-state index < -0.39 is 12.0 Å². The molecule has 1 unspecified atom stereocenters. The summed E-state index contributed by atoms with van der Waals surface area (Å²) in [5.74, 6) is 0.443. The number of hydrogen-bond acceptors (Lipinski definition) is 8. The molecule has 1 aliphatic carbocycles. The highest BCUT2D eigenvalue weighted by Gasteiger charge is 2.23. The first-order valence-electron chi connectivity index (χ1n) is 13.6. The summed E-state index contributed by atoms with van der Waals surface area (Å²) in [6.45, 7) is 3.27. The van der Waals surface area contributed by atoms with E-state index in [1.165, 1.54) is 24.1 Å². The third-order valence-electron chi connectivity index (χ3n) is 7.43. The van der Waals surface area contributed by atoms with Gasteiger partial charge in [-0.1, -0.05) is 6.07 Å². The van der Waals surface area contributed by atoms with Crippen molar-refractivity contribution in [1.29, 1.82) is 0 Å². The SMILES string of the molecule is O=C(O)CC(c1cnc(N2CCOCC2)nc1)n1ncc2cc(OCCc3ccc4c(n3)CCCC4)ccc21. The Bertz CT molecular complexity index is 1450. The Morgan fingerprint density at radius 3 is 2.69 bits per heavy atom. The van der Waals surface area contributed by atoms with Crippen LogP contribution in [0.4, 0.5) is 5.95 Å². The number of anilines is 1. The highest BCUT2D eigenvalue weighted by Crippen LogP contribution is 2.29. The van der Waals surface area contributed by atoms with Gasteiger partial charge in [0, 0.05) is 54.2 Å². The summed E-state index contributed by atoms with van der Waals surface area (Å²) >= 11 is 0. The molecule has 0 spiro atoms. The molecular formula is C29H32N6O4. The number of ether oxygens (including phenoxy) is 2. The van der Waals surface area contributed by atoms with E-state index in [9.17, 15) is 9.90 Å². The van der Waals surface area contributed by atoms with Crippen LogP contribution < -0.4 is 9.64 Å². The summed E-state index contributed by atoms with van der Waals surface area (Å²) in [4.78, 5) is 27.7. The zero-order valence-corrected chi connectivity index (χ0v) is 21.8. The molecule has 4 heterocycles. The first-order chi connectivity index (χ1) is 19.1. The van der Waals surface area contributed by atoms with Gasteiger partial charge in [0.1, 0.15) is 5.75 Å². The summed E-state index contributed by atoms with van der Waals surface area (Å²) in [6, 6.07) is 9.55. The second-order valence-corrected chi connectivity index (χ2v) is 10.1. The molecule has 4 aromatic rings. The summed E-state index contributed by atoms with van der Waals surface area (Å²) in [5.41, 5.74) is 5.20. The van der Waals surface area contributed by atoms with Crippen molar-refractivity contribution in [3.63, 3.8) is 0 Å². The average molecular weight is 529 g/mol. The lowest BCUT2D eigenvalue weighted by molar-refractivity contribution is -0.137. The highest BCUT2D eigenvalue weighted by atomic mass is 16.5. The summed E-state index contributed by atoms with van der Waals surface area (Å²) in [7, 11) is 0. The first kappa shape index (κ1) is 25.2. The van der Waals surface area contributed by atoms with Crippen LogP contribution in [0.5, 0.6) is 5.75 Å². The molecule has 10 nitrogen and oxygen atoms in total. The lowest BCUT2D eigenvalue weighted by atomic mass is 9.96. The molecule has 0 radical (unpaired) electrons. The minimum Gasteiger partial charge on any atom is -0.493 e. The maximum absolute atomic E-state index is 11.8. The molecule has 202 valence electrons. The van der Waals surface area contributed by atoms with Crippen molar-refractivity contribution >= 4 is 22.8 Å². The average Bonchev–Trinajstić information content (AvgIpc) is 3.39. The predicted octanol–water partition coefficient (Wildman–Crippen LogP) is 3.62. The fourth-order valence-corrected chi connectivity index (χ4v) is 5.35. The zero-order valence-electron chi connectivity index (χ0n) is 21.8. The van der Waals surface area contributed by atoms with Gasteiger partial charge in [0.2, 0.25) is 5.95 Å². The Hall–Kier alpha value is -4.05. The number of morpholine rings is 1. The summed E-state index contributed by atoms with van der Waals surface area (Å²) in [6.07, 6.45) is 10.4. The Morgan fingerprint density at radius 2 is 1.87 bits per heavy atom. The van der Waals surface area contributed by atoms with Crippen molar-refractivity contribution < 1.29 is 19.4 Å². The van der Waals surface area contributed by atoms with Gasteiger partial charge in [0.25, 0.3) is 0 Å². The molecule has 0 saturated carbocycles. The molecule has 10 heteroatoms. The minimum atomic E-state index is -0.920. The largest absolute Gasteiger partial charge is 0.493 e. The van der Waals surface area contributed by atoms with Crippen molar-refractivity contribution in [2.24, 2.45) is 0 Å². The first-order valence-corrected chi connectivity index (χ1v) is 13.6. The summed E-state index contributed by atoms with van der Waals surface area (Å²) in [5, 5.41) is 15.1. The third kappa shape index (κ3) is 5.70. The number of hydrogen-bond donors (Lipinski definition) is 1. The van der Waals surface area contributed by atoms with Crippen LogP contribution in [0.3, 0.4) is 0 Å². The number of aliphatic carboxylic acids is 1. The molecule has 3 aromatic heterocycles. The van der Waals surface area contributed by atoms with Gasteiger partial charge in [0.05, 0.1) is 44.0 Å². The molecule has 1 aliphatic heterocycles. The van der Waals surface area contributed by atoms with Crippen molar-refractivity contribution in [1.82, 2.24) is 24.7 Å². The number of carboxylic acid groups (broad SMARTS) is 1. The zero-order chi connectivity index (χ0) is 26.6. The van der Waals surface area contributed by atoms with Crippen molar-refractivity contribution in [2.45, 2.75) is 44.6 Å². The van der Waals surface area contributed by atoms with Crippen LogP contribution in [0.15, 0.2) is 48.9 Å². The number of carbonyl (C=O) groups is 1. The van der Waals surface area contributed by atoms with Gasteiger partial charge in [-0.2, -0.15) is 5.10 Å². The molecular weight excluding hydrogens is 496 g/mol. The van der Waals surface area contributed by atoms with E-state index in [1.54, 1.807) is 23.3 Å². The van der Waals surface area contributed by atoms with Crippen LogP contribution >= 0.6 is 0 Å². The van der Waals surface area contributed by atoms with E-state index in [0.717, 1.165) is 54.7 Å². The van der Waals surface area contributed by atoms with E-state index >= 15 is 0 Å². The number of aryl methyl sites for hydroxylation is 2. The van der Waals surface area contributed by atoms with E-state index in [-0.39, 0.29) is 6.42 Å². The number of fused-ring (bicyclic) bond motifs is 2. The van der Waals surface area contributed by atoms with Gasteiger partial charge in [-0.05, 0) is 55.5 Å². The standard InChI is InChI=1S/C29H32N6O4/c36-28(37)16-27(22-17-30-29(31-18-22)34-10-13-38-14-11-34)35-26-8-7-24(15-21(26)19-32-35)39-12-9-23-6-5-20-3-1-2-4-25(20)33-23/h5-8,15,17-19,27H,1-4,9-14,16H2,(H,36,37). The number of nitrogens with zero attached hydrogens (tertiary/aromatic N) is 6. The van der Waals surface area contributed by atoms with Crippen LogP contribution in [0.1, 0.15) is 47.8 Å². The Labute approximate surface area is 226 Å². The van der Waals surface area contributed by atoms with Gasteiger partial charge in [-0.3, -0.25) is 14.5 Å². The number of aromatic nitrogens is 5. The normalized spacial score (nSPS) is 16.2. The molecule has 1 fully saturated rings. The van der Waals surface area contributed by atoms with Crippen LogP contribution in [0, 0.1) is 0 Å². The van der Waals surface area contributed by atoms with Gasteiger partial charge in [-0.15, -0.1) is 0 Å². The number of rotatable bonds is 9. The van der Waals surface area contributed by atoms with E-state index in [0.29, 0.717) is 31.3 Å². The maximum Gasteiger partial charge on any atom is 0.305 e. The van der Waals surface area contributed by atoms with Gasteiger partial charge in [-0.25, -0.2) is 9.97 Å². The fourth-order valence-electron chi connectivity index (χ4n) is 5.35. The number of pyridine rings is 1. The quantitative estimate of drug-likeness (QED) is 0.348. The predicted molar refractivity (Wildman–Crippen MR) is 145 cm³/mol. The van der Waals surface area contributed by atoms with E-state index in [2.05, 4.69) is 32.1 Å². The van der Waals surface area contributed by atoms with Crippen LogP contribution in [0.2, 0.25) is 0 Å². The maximum atomic E-state index is 11.8. The van der Waals surface area contributed by atoms with E-state index in [1.807, 2.05) is 18.2 Å². The van der Waals surface area contributed by atoms with Crippen molar-refractivity contribution in [3.05, 3.63) is 71.4 Å². The Morgan fingerprint density at radius 1 is 1.05 bits per heavy atom. The number of benzene rings is 1. The molecule has 39 heavy (non-hydrogen) atoms. The molecule has 6 rings (SSSR count). The lowest BCUT2D eigenvalue weighted by Gasteiger charge is -2.27. The topological polar surface area (TPSA) is 115 Å². The molecule has 1 saturated heterocycles. The van der Waals surface area contributed by atoms with Crippen LogP contribution in [-0.4, -0.2) is 68.7 Å². The minimum absolute atomic E-state index is 0.136. The molecule has 1 aromatic carbocycles. The molecule has 0 bridgehead atoms. The number of carboxylic acids is 1. The van der Waals surface area contributed by atoms with Gasteiger partial charge >= 0.3 is 5.97 Å². The van der Waals surface area contributed by atoms with Crippen molar-refractivity contribution in [2.75, 3.05) is 37.8 Å². The highest BCUT2D eigenvalue weighted by molar-refractivity contribution is 5.81. The molecule has 2 aliphatic rings.